The number of methoxy groups -OCH3 is 2. The second-order valence-electron chi connectivity index (χ2n) is 9.45. The molecule has 0 heterocycles. The maximum absolute atomic E-state index is 12.9. The number of carbonyl (C=O) groups excluding carboxylic acids is 1. The molecule has 0 aromatic heterocycles. The molecule has 8 heteroatoms. The first kappa shape index (κ1) is 30.0. The Kier molecular flexibility index (Phi) is 10.1. The fraction of sp³-hybridized carbons (Fsp3) is 0.176. The van der Waals surface area contributed by atoms with Crippen LogP contribution in [0.2, 0.25) is 5.02 Å². The molecule has 1 N–H and O–H groups in total. The number of nitriles is 1. The predicted molar refractivity (Wildman–Crippen MR) is 164 cm³/mol. The van der Waals surface area contributed by atoms with Gasteiger partial charge in [-0.15, -0.1) is 0 Å². The number of hydrogen-bond donors (Lipinski definition) is 1. The number of halogens is 1. The Morgan fingerprint density at radius 1 is 0.857 bits per heavy atom. The molecule has 0 saturated carbocycles. The molecule has 0 saturated heterocycles. The first-order chi connectivity index (χ1) is 20.3. The van der Waals surface area contributed by atoms with E-state index in [-0.39, 0.29) is 17.2 Å². The van der Waals surface area contributed by atoms with Crippen LogP contribution in [0.1, 0.15) is 27.8 Å². The van der Waals surface area contributed by atoms with Crippen molar-refractivity contribution in [2.24, 2.45) is 0 Å². The van der Waals surface area contributed by atoms with E-state index in [9.17, 15) is 10.1 Å². The highest BCUT2D eigenvalue weighted by Gasteiger charge is 2.16. The second-order valence-corrected chi connectivity index (χ2v) is 9.86. The highest BCUT2D eigenvalue weighted by Crippen LogP contribution is 2.38. The zero-order chi connectivity index (χ0) is 30.1. The van der Waals surface area contributed by atoms with Gasteiger partial charge in [0.2, 0.25) is 0 Å². The number of benzene rings is 4. The summed E-state index contributed by atoms with van der Waals surface area (Å²) in [7, 11) is 3.08. The minimum Gasteiger partial charge on any atom is -0.493 e. The van der Waals surface area contributed by atoms with Crippen molar-refractivity contribution >= 4 is 29.3 Å². The monoisotopic (exact) mass is 582 g/mol. The normalized spacial score (nSPS) is 10.9. The molecule has 0 aliphatic carbocycles. The van der Waals surface area contributed by atoms with E-state index in [0.717, 1.165) is 22.3 Å². The number of aryl methyl sites for hydroxylation is 1. The molecule has 42 heavy (non-hydrogen) atoms. The molecule has 0 spiro atoms. The number of ether oxygens (including phenoxy) is 4. The number of carbonyl (C=O) groups is 1. The van der Waals surface area contributed by atoms with Gasteiger partial charge in [-0.05, 0) is 78.1 Å². The van der Waals surface area contributed by atoms with Gasteiger partial charge in [-0.25, -0.2) is 0 Å². The molecule has 1 amide bonds. The third-order valence-corrected chi connectivity index (χ3v) is 6.91. The highest BCUT2D eigenvalue weighted by atomic mass is 35.5. The molecule has 0 bridgehead atoms. The molecule has 4 aromatic rings. The quantitative estimate of drug-likeness (QED) is 0.144. The van der Waals surface area contributed by atoms with Crippen LogP contribution in [0.15, 0.2) is 84.4 Å². The lowest BCUT2D eigenvalue weighted by molar-refractivity contribution is -0.112. The third-order valence-electron chi connectivity index (χ3n) is 6.63. The number of anilines is 1. The van der Waals surface area contributed by atoms with Crippen LogP contribution in [-0.4, -0.2) is 20.1 Å². The maximum Gasteiger partial charge on any atom is 0.266 e. The second kappa shape index (κ2) is 14.1. The zero-order valence-electron chi connectivity index (χ0n) is 23.9. The van der Waals surface area contributed by atoms with Crippen molar-refractivity contribution in [2.45, 2.75) is 27.1 Å². The van der Waals surface area contributed by atoms with E-state index < -0.39 is 5.91 Å². The van der Waals surface area contributed by atoms with Crippen molar-refractivity contribution in [1.82, 2.24) is 0 Å². The Balaban J connectivity index is 1.48. The van der Waals surface area contributed by atoms with E-state index in [0.29, 0.717) is 40.9 Å². The van der Waals surface area contributed by atoms with Gasteiger partial charge in [0.1, 0.15) is 24.9 Å². The molecule has 7 nitrogen and oxygen atoms in total. The molecular weight excluding hydrogens is 552 g/mol. The van der Waals surface area contributed by atoms with Gasteiger partial charge >= 0.3 is 0 Å². The van der Waals surface area contributed by atoms with Gasteiger partial charge in [0.25, 0.3) is 5.91 Å². The molecule has 0 aliphatic heterocycles. The van der Waals surface area contributed by atoms with Gasteiger partial charge in [-0.3, -0.25) is 4.79 Å². The number of amides is 1. The molecule has 0 atom stereocenters. The summed E-state index contributed by atoms with van der Waals surface area (Å²) in [6.07, 6.45) is 1.46. The number of rotatable bonds is 11. The SMILES string of the molecule is COc1cc(COc2c(Cl)cc(/C=C(/C#N)C(=O)Nc3cccc(C)c3C)cc2OC)ccc1OCc1ccccc1. The summed E-state index contributed by atoms with van der Waals surface area (Å²) in [6.45, 7) is 4.47. The summed E-state index contributed by atoms with van der Waals surface area (Å²) in [5.41, 5.74) is 4.93. The first-order valence-corrected chi connectivity index (χ1v) is 13.5. The molecule has 0 fully saturated rings. The van der Waals surface area contributed by atoms with E-state index in [1.165, 1.54) is 13.2 Å². The summed E-state index contributed by atoms with van der Waals surface area (Å²) in [4.78, 5) is 12.9. The largest absolute Gasteiger partial charge is 0.493 e. The minimum absolute atomic E-state index is 0.0793. The molecule has 0 aliphatic rings. The minimum atomic E-state index is -0.522. The van der Waals surface area contributed by atoms with E-state index >= 15 is 0 Å². The first-order valence-electron chi connectivity index (χ1n) is 13.2. The van der Waals surface area contributed by atoms with Crippen LogP contribution < -0.4 is 24.3 Å². The average molecular weight is 583 g/mol. The van der Waals surface area contributed by atoms with E-state index in [2.05, 4.69) is 5.32 Å². The molecule has 4 aromatic carbocycles. The topological polar surface area (TPSA) is 89.8 Å². The molecule has 4 rings (SSSR count). The van der Waals surface area contributed by atoms with Crippen LogP contribution in [0, 0.1) is 25.2 Å². The Hall–Kier alpha value is -4.93. The van der Waals surface area contributed by atoms with Crippen molar-refractivity contribution in [2.75, 3.05) is 19.5 Å². The van der Waals surface area contributed by atoms with Crippen LogP contribution >= 0.6 is 11.6 Å². The Labute approximate surface area is 250 Å². The molecular formula is C34H31ClN2O5. The fourth-order valence-corrected chi connectivity index (χ4v) is 4.44. The van der Waals surface area contributed by atoms with Gasteiger partial charge in [0.05, 0.1) is 19.2 Å². The molecule has 0 radical (unpaired) electrons. The number of nitrogens with zero attached hydrogens (tertiary/aromatic N) is 1. The third kappa shape index (κ3) is 7.42. The molecule has 214 valence electrons. The Morgan fingerprint density at radius 2 is 1.60 bits per heavy atom. The number of hydrogen-bond acceptors (Lipinski definition) is 6. The van der Waals surface area contributed by atoms with Gasteiger partial charge in [0, 0.05) is 5.69 Å². The van der Waals surface area contributed by atoms with Crippen molar-refractivity contribution in [3.8, 4) is 29.1 Å². The zero-order valence-corrected chi connectivity index (χ0v) is 24.6. The van der Waals surface area contributed by atoms with Gasteiger partial charge in [-0.2, -0.15) is 5.26 Å². The summed E-state index contributed by atoms with van der Waals surface area (Å²) >= 11 is 6.57. The van der Waals surface area contributed by atoms with Crippen LogP contribution in [0.25, 0.3) is 6.08 Å². The van der Waals surface area contributed by atoms with Crippen LogP contribution in [-0.2, 0) is 18.0 Å². The van der Waals surface area contributed by atoms with Crippen molar-refractivity contribution in [1.29, 1.82) is 5.26 Å². The van der Waals surface area contributed by atoms with E-state index in [4.69, 9.17) is 30.5 Å². The predicted octanol–water partition coefficient (Wildman–Crippen LogP) is 7.68. The summed E-state index contributed by atoms with van der Waals surface area (Å²) < 4.78 is 23.0. The van der Waals surface area contributed by atoms with Crippen molar-refractivity contribution < 1.29 is 23.7 Å². The fourth-order valence-electron chi connectivity index (χ4n) is 4.17. The Morgan fingerprint density at radius 3 is 2.31 bits per heavy atom. The summed E-state index contributed by atoms with van der Waals surface area (Å²) in [5.74, 6) is 1.36. The van der Waals surface area contributed by atoms with Crippen molar-refractivity contribution in [3.05, 3.63) is 117 Å². The van der Waals surface area contributed by atoms with Gasteiger partial charge in [0.15, 0.2) is 23.0 Å². The summed E-state index contributed by atoms with van der Waals surface area (Å²) in [6, 6.07) is 26.3. The summed E-state index contributed by atoms with van der Waals surface area (Å²) in [5, 5.41) is 12.8. The average Bonchev–Trinajstić information content (AvgIpc) is 3.00. The van der Waals surface area contributed by atoms with Crippen LogP contribution in [0.5, 0.6) is 23.0 Å². The maximum atomic E-state index is 12.9. The molecule has 0 unspecified atom stereocenters. The Bertz CT molecular complexity index is 1640. The van der Waals surface area contributed by atoms with E-state index in [1.54, 1.807) is 25.3 Å². The van der Waals surface area contributed by atoms with Gasteiger partial charge in [-0.1, -0.05) is 60.1 Å². The lowest BCUT2D eigenvalue weighted by Crippen LogP contribution is -2.14. The van der Waals surface area contributed by atoms with Crippen LogP contribution in [0.4, 0.5) is 5.69 Å². The van der Waals surface area contributed by atoms with Gasteiger partial charge < -0.3 is 24.3 Å². The van der Waals surface area contributed by atoms with Crippen molar-refractivity contribution in [3.63, 3.8) is 0 Å². The standard InChI is InChI=1S/C34H31ClN2O5/c1-22-9-8-12-29(23(22)2)37-34(38)27(19-36)15-26-16-28(35)33(32(18-26)40-4)42-21-25-13-14-30(31(17-25)39-3)41-20-24-10-6-5-7-11-24/h5-18H,20-21H2,1-4H3,(H,37,38)/b27-15-. The lowest BCUT2D eigenvalue weighted by atomic mass is 10.1. The van der Waals surface area contributed by atoms with E-state index in [1.807, 2.05) is 80.6 Å². The lowest BCUT2D eigenvalue weighted by Gasteiger charge is -2.15. The smallest absolute Gasteiger partial charge is 0.266 e. The number of nitrogens with one attached hydrogen (secondary N) is 1. The highest BCUT2D eigenvalue weighted by molar-refractivity contribution is 6.32. The van der Waals surface area contributed by atoms with Crippen LogP contribution in [0.3, 0.4) is 0 Å².